The first kappa shape index (κ1) is 17.5. The quantitative estimate of drug-likeness (QED) is 0.895. The molecule has 1 aliphatic heterocycles. The Kier molecular flexibility index (Phi) is 7.06. The number of nitrogens with one attached hydrogen (secondary N) is 1. The number of aryl methyl sites for hydroxylation is 1. The number of carbonyl (C=O) groups excluding carboxylic acids is 1. The van der Waals surface area contributed by atoms with Crippen molar-refractivity contribution >= 4 is 34.2 Å². The first-order valence-electron chi connectivity index (χ1n) is 6.97. The van der Waals surface area contributed by atoms with Crippen LogP contribution in [0.1, 0.15) is 36.7 Å². The van der Waals surface area contributed by atoms with E-state index in [1.807, 2.05) is 28.8 Å². The maximum atomic E-state index is 12.6. The van der Waals surface area contributed by atoms with Gasteiger partial charge in [-0.2, -0.15) is 0 Å². The van der Waals surface area contributed by atoms with E-state index in [2.05, 4.69) is 28.2 Å². The Morgan fingerprint density at radius 1 is 1.50 bits per heavy atom. The van der Waals surface area contributed by atoms with Gasteiger partial charge in [0, 0.05) is 30.3 Å². The van der Waals surface area contributed by atoms with Crippen LogP contribution in [-0.4, -0.2) is 41.6 Å². The van der Waals surface area contributed by atoms with Gasteiger partial charge in [-0.05, 0) is 61.3 Å². The van der Waals surface area contributed by atoms with Crippen LogP contribution in [0.3, 0.4) is 0 Å². The number of nitrogens with zero attached hydrogens (tertiary/aromatic N) is 2. The smallest absolute Gasteiger partial charge is 0.270 e. The third-order valence-corrected chi connectivity index (χ3v) is 4.27. The van der Waals surface area contributed by atoms with Crippen molar-refractivity contribution in [2.75, 3.05) is 20.1 Å². The van der Waals surface area contributed by atoms with Gasteiger partial charge >= 0.3 is 0 Å². The molecule has 1 unspecified atom stereocenters. The number of carbonyl (C=O) groups is 1. The van der Waals surface area contributed by atoms with Crippen molar-refractivity contribution in [1.82, 2.24) is 14.8 Å². The van der Waals surface area contributed by atoms with Gasteiger partial charge in [0.15, 0.2) is 0 Å². The lowest BCUT2D eigenvalue weighted by Crippen LogP contribution is -2.38. The highest BCUT2D eigenvalue weighted by Gasteiger charge is 2.24. The second-order valence-electron chi connectivity index (χ2n) is 5.08. The van der Waals surface area contributed by atoms with E-state index >= 15 is 0 Å². The largest absolute Gasteiger partial charge is 0.343 e. The Hall–Kier alpha value is -0.520. The van der Waals surface area contributed by atoms with Crippen molar-refractivity contribution < 1.29 is 4.79 Å². The summed E-state index contributed by atoms with van der Waals surface area (Å²) in [7, 11) is 1.93. The van der Waals surface area contributed by atoms with E-state index in [1.54, 1.807) is 0 Å². The Bertz CT molecular complexity index is 442. The number of halogens is 2. The average molecular weight is 365 g/mol. The van der Waals surface area contributed by atoms with Crippen LogP contribution in [0.2, 0.25) is 0 Å². The van der Waals surface area contributed by atoms with Crippen molar-refractivity contribution in [3.63, 3.8) is 0 Å². The second kappa shape index (κ2) is 8.05. The number of amides is 1. The molecule has 2 rings (SSSR count). The molecule has 1 N–H and O–H groups in total. The molecule has 0 saturated carbocycles. The van der Waals surface area contributed by atoms with Crippen LogP contribution < -0.4 is 5.32 Å². The lowest BCUT2D eigenvalue weighted by Gasteiger charge is -2.27. The molecule has 1 amide bonds. The molecule has 0 radical (unpaired) electrons. The zero-order valence-electron chi connectivity index (χ0n) is 12.1. The van der Waals surface area contributed by atoms with E-state index in [9.17, 15) is 4.79 Å². The molecule has 6 heteroatoms. The first-order valence-corrected chi connectivity index (χ1v) is 7.76. The van der Waals surface area contributed by atoms with Crippen LogP contribution in [-0.2, 0) is 6.54 Å². The fourth-order valence-electron chi connectivity index (χ4n) is 2.65. The fourth-order valence-corrected chi connectivity index (χ4v) is 3.11. The molecule has 0 bridgehead atoms. The van der Waals surface area contributed by atoms with Crippen LogP contribution in [0.15, 0.2) is 16.7 Å². The minimum absolute atomic E-state index is 0. The number of hydrogen-bond donors (Lipinski definition) is 1. The van der Waals surface area contributed by atoms with E-state index in [1.165, 1.54) is 0 Å². The third kappa shape index (κ3) is 3.99. The molecule has 1 aromatic heterocycles. The van der Waals surface area contributed by atoms with Crippen LogP contribution in [0.4, 0.5) is 0 Å². The van der Waals surface area contributed by atoms with E-state index in [0.29, 0.717) is 6.04 Å². The number of hydrogen-bond acceptors (Lipinski definition) is 2. The van der Waals surface area contributed by atoms with E-state index in [-0.39, 0.29) is 18.3 Å². The fraction of sp³-hybridized carbons (Fsp3) is 0.643. The zero-order valence-corrected chi connectivity index (χ0v) is 14.5. The highest BCUT2D eigenvalue weighted by molar-refractivity contribution is 9.10. The molecular formula is C14H23BrClN3O. The molecule has 2 heterocycles. The average Bonchev–Trinajstić information content (AvgIpc) is 2.63. The molecule has 1 saturated heterocycles. The standard InChI is InChI=1S/C14H22BrN3O.ClH/c1-3-18-10-11(15)9-13(18)14(19)17(2)12-5-4-7-16-8-6-12;/h9-10,12,16H,3-8H2,1-2H3;1H. The van der Waals surface area contributed by atoms with Gasteiger partial charge in [-0.25, -0.2) is 0 Å². The van der Waals surface area contributed by atoms with Gasteiger partial charge in [-0.15, -0.1) is 12.4 Å². The molecule has 114 valence electrons. The van der Waals surface area contributed by atoms with Crippen molar-refractivity contribution in [3.8, 4) is 0 Å². The van der Waals surface area contributed by atoms with Crippen LogP contribution >= 0.6 is 28.3 Å². The summed E-state index contributed by atoms with van der Waals surface area (Å²) in [6, 6.07) is 2.26. The SMILES string of the molecule is CCn1cc(Br)cc1C(=O)N(C)C1CCCNCC1.Cl. The van der Waals surface area contributed by atoms with Crippen LogP contribution in [0, 0.1) is 0 Å². The van der Waals surface area contributed by atoms with Gasteiger partial charge in [-0.3, -0.25) is 4.79 Å². The third-order valence-electron chi connectivity index (χ3n) is 3.84. The summed E-state index contributed by atoms with van der Waals surface area (Å²) in [5.41, 5.74) is 0.772. The Morgan fingerprint density at radius 2 is 2.25 bits per heavy atom. The van der Waals surface area contributed by atoms with Crippen molar-refractivity contribution in [1.29, 1.82) is 0 Å². The lowest BCUT2D eigenvalue weighted by molar-refractivity contribution is 0.0709. The van der Waals surface area contributed by atoms with Crippen LogP contribution in [0.5, 0.6) is 0 Å². The second-order valence-corrected chi connectivity index (χ2v) is 6.00. The summed E-state index contributed by atoms with van der Waals surface area (Å²) < 4.78 is 2.96. The predicted octanol–water partition coefficient (Wildman–Crippen LogP) is 2.91. The van der Waals surface area contributed by atoms with E-state index in [0.717, 1.165) is 49.1 Å². The number of aromatic nitrogens is 1. The van der Waals surface area contributed by atoms with Gasteiger partial charge < -0.3 is 14.8 Å². The van der Waals surface area contributed by atoms with Gasteiger partial charge in [0.2, 0.25) is 0 Å². The summed E-state index contributed by atoms with van der Waals surface area (Å²) >= 11 is 3.45. The van der Waals surface area contributed by atoms with Gasteiger partial charge in [0.1, 0.15) is 5.69 Å². The zero-order chi connectivity index (χ0) is 13.8. The minimum atomic E-state index is 0. The molecule has 1 aliphatic rings. The topological polar surface area (TPSA) is 37.3 Å². The summed E-state index contributed by atoms with van der Waals surface area (Å²) in [5, 5.41) is 3.39. The molecule has 0 aromatic carbocycles. The monoisotopic (exact) mass is 363 g/mol. The Morgan fingerprint density at radius 3 is 2.95 bits per heavy atom. The summed E-state index contributed by atoms with van der Waals surface area (Å²) in [4.78, 5) is 14.5. The molecule has 0 aliphatic carbocycles. The minimum Gasteiger partial charge on any atom is -0.343 e. The molecular weight excluding hydrogens is 342 g/mol. The van der Waals surface area contributed by atoms with E-state index in [4.69, 9.17) is 0 Å². The maximum Gasteiger partial charge on any atom is 0.270 e. The number of rotatable bonds is 3. The molecule has 1 aromatic rings. The summed E-state index contributed by atoms with van der Waals surface area (Å²) in [5.74, 6) is 0.124. The summed E-state index contributed by atoms with van der Waals surface area (Å²) in [6.45, 7) is 4.93. The normalized spacial score (nSPS) is 19.1. The van der Waals surface area contributed by atoms with Gasteiger partial charge in [0.05, 0.1) is 0 Å². The highest BCUT2D eigenvalue weighted by atomic mass is 79.9. The van der Waals surface area contributed by atoms with Crippen molar-refractivity contribution in [2.45, 2.75) is 38.8 Å². The van der Waals surface area contributed by atoms with Crippen molar-refractivity contribution in [2.24, 2.45) is 0 Å². The maximum absolute atomic E-state index is 12.6. The van der Waals surface area contributed by atoms with Crippen molar-refractivity contribution in [3.05, 3.63) is 22.4 Å². The predicted molar refractivity (Wildman–Crippen MR) is 87.7 cm³/mol. The molecule has 1 fully saturated rings. The highest BCUT2D eigenvalue weighted by Crippen LogP contribution is 2.19. The van der Waals surface area contributed by atoms with Gasteiger partial charge in [-0.1, -0.05) is 0 Å². The molecule has 0 spiro atoms. The lowest BCUT2D eigenvalue weighted by atomic mass is 10.1. The summed E-state index contributed by atoms with van der Waals surface area (Å²) in [6.07, 6.45) is 5.23. The van der Waals surface area contributed by atoms with Gasteiger partial charge in [0.25, 0.3) is 5.91 Å². The molecule has 20 heavy (non-hydrogen) atoms. The Labute approximate surface area is 135 Å². The van der Waals surface area contributed by atoms with E-state index < -0.39 is 0 Å². The Balaban J connectivity index is 0.00000200. The molecule has 1 atom stereocenters. The molecule has 4 nitrogen and oxygen atoms in total. The van der Waals surface area contributed by atoms with Crippen LogP contribution in [0.25, 0.3) is 0 Å². The first-order chi connectivity index (χ1) is 9.13.